The highest BCUT2D eigenvalue weighted by molar-refractivity contribution is 6.15. The van der Waals surface area contributed by atoms with Gasteiger partial charge >= 0.3 is 12.1 Å². The summed E-state index contributed by atoms with van der Waals surface area (Å²) in [4.78, 5) is 71.4. The van der Waals surface area contributed by atoms with Crippen molar-refractivity contribution in [3.05, 3.63) is 58.5 Å². The first-order chi connectivity index (χ1) is 23.5. The summed E-state index contributed by atoms with van der Waals surface area (Å²) < 4.78 is 23.7. The maximum Gasteiger partial charge on any atom is 0.415 e. The van der Waals surface area contributed by atoms with Crippen LogP contribution in [0.3, 0.4) is 0 Å². The lowest BCUT2D eigenvalue weighted by molar-refractivity contribution is -0.145. The van der Waals surface area contributed by atoms with Crippen LogP contribution in [0.15, 0.2) is 47.4 Å². The molecule has 0 bridgehead atoms. The van der Waals surface area contributed by atoms with Gasteiger partial charge in [-0.1, -0.05) is 0 Å². The molecule has 2 aromatic heterocycles. The van der Waals surface area contributed by atoms with Gasteiger partial charge in [0.15, 0.2) is 11.5 Å². The molecule has 6 rings (SSSR count). The van der Waals surface area contributed by atoms with Crippen molar-refractivity contribution in [3.63, 3.8) is 0 Å². The van der Waals surface area contributed by atoms with Crippen molar-refractivity contribution >= 4 is 56.5 Å². The molecule has 2 aliphatic heterocycles. The fourth-order valence-corrected chi connectivity index (χ4v) is 5.72. The predicted molar refractivity (Wildman–Crippen MR) is 176 cm³/mol. The van der Waals surface area contributed by atoms with Crippen molar-refractivity contribution in [2.45, 2.75) is 26.0 Å². The van der Waals surface area contributed by atoms with Gasteiger partial charge < -0.3 is 38.4 Å². The van der Waals surface area contributed by atoms with E-state index in [1.807, 2.05) is 25.1 Å². The van der Waals surface area contributed by atoms with E-state index >= 15 is 0 Å². The summed E-state index contributed by atoms with van der Waals surface area (Å²) in [6, 6.07) is 6.67. The molecule has 256 valence electrons. The number of hydrogen-bond donors (Lipinski definition) is 1. The third kappa shape index (κ3) is 6.75. The SMILES string of the molecule is CN(C)CCn1c(=O)c2cc(OC(=O)N(C)CCOC(=O)CCCN3C(=O)C=CC3=O)c(CO)cc2c2cnc3cc4c(cc3c21)OCO4. The first-order valence-electron chi connectivity index (χ1n) is 15.6. The van der Waals surface area contributed by atoms with Gasteiger partial charge in [-0.2, -0.15) is 0 Å². The molecule has 0 saturated carbocycles. The summed E-state index contributed by atoms with van der Waals surface area (Å²) in [5, 5.41) is 12.5. The zero-order valence-electron chi connectivity index (χ0n) is 27.3. The molecule has 2 aliphatic rings. The number of ether oxygens (including phenoxy) is 4. The summed E-state index contributed by atoms with van der Waals surface area (Å²) in [5.74, 6) is -0.248. The molecular weight excluding hydrogens is 638 g/mol. The number of likely N-dealkylation sites (N-methyl/N-ethyl adjacent to an activating group) is 2. The highest BCUT2D eigenvalue weighted by atomic mass is 16.7. The molecule has 0 aliphatic carbocycles. The Bertz CT molecular complexity index is 2070. The molecule has 3 amide bonds. The molecular formula is C34H35N5O10. The molecule has 0 saturated heterocycles. The Hall–Kier alpha value is -5.54. The van der Waals surface area contributed by atoms with E-state index in [9.17, 15) is 29.1 Å². The number of pyridine rings is 2. The molecule has 0 unspecified atom stereocenters. The van der Waals surface area contributed by atoms with Crippen molar-refractivity contribution in [1.29, 1.82) is 0 Å². The van der Waals surface area contributed by atoms with E-state index in [-0.39, 0.29) is 61.6 Å². The second-order valence-corrected chi connectivity index (χ2v) is 11.9. The van der Waals surface area contributed by atoms with E-state index in [0.29, 0.717) is 51.8 Å². The standard InChI is InChI=1S/C34H35N5O10/c1-36(2)9-10-39-32-23-15-27-28(48-19-47-27)16-25(23)35-17-24(32)21-13-20(18-40)26(14-22(21)33(39)44)49-34(45)37(3)11-12-46-31(43)5-4-8-38-29(41)6-7-30(38)42/h6-7,13-17,40H,4-5,8-12,18-19H2,1-3H3. The highest BCUT2D eigenvalue weighted by Gasteiger charge is 2.24. The van der Waals surface area contributed by atoms with Gasteiger partial charge in [-0.25, -0.2) is 4.79 Å². The van der Waals surface area contributed by atoms with Crippen LogP contribution in [-0.2, 0) is 32.3 Å². The van der Waals surface area contributed by atoms with E-state index < -0.39 is 30.5 Å². The number of amides is 3. The van der Waals surface area contributed by atoms with E-state index in [0.717, 1.165) is 4.90 Å². The number of fused-ring (bicyclic) bond motifs is 6. The number of nitrogens with zero attached hydrogens (tertiary/aromatic N) is 5. The van der Waals surface area contributed by atoms with Crippen molar-refractivity contribution in [2.75, 3.05) is 54.2 Å². The van der Waals surface area contributed by atoms with Crippen LogP contribution in [0.1, 0.15) is 18.4 Å². The summed E-state index contributed by atoms with van der Waals surface area (Å²) in [6.45, 7) is 0.510. The van der Waals surface area contributed by atoms with Crippen molar-refractivity contribution in [3.8, 4) is 17.2 Å². The number of aromatic nitrogens is 2. The average Bonchev–Trinajstić information content (AvgIpc) is 3.67. The van der Waals surface area contributed by atoms with Crippen LogP contribution in [0.25, 0.3) is 32.6 Å². The van der Waals surface area contributed by atoms with Crippen molar-refractivity contribution < 1.29 is 43.2 Å². The Morgan fingerprint density at radius 2 is 1.65 bits per heavy atom. The van der Waals surface area contributed by atoms with Crippen LogP contribution < -0.4 is 19.8 Å². The molecule has 0 fully saturated rings. The number of esters is 1. The maximum absolute atomic E-state index is 14.2. The number of carbonyl (C=O) groups is 4. The third-order valence-electron chi connectivity index (χ3n) is 8.37. The summed E-state index contributed by atoms with van der Waals surface area (Å²) in [7, 11) is 5.28. The monoisotopic (exact) mass is 673 g/mol. The van der Waals surface area contributed by atoms with Gasteiger partial charge in [-0.05, 0) is 44.1 Å². The van der Waals surface area contributed by atoms with Gasteiger partial charge in [0.25, 0.3) is 17.4 Å². The largest absolute Gasteiger partial charge is 0.464 e. The number of benzene rings is 2. The van der Waals surface area contributed by atoms with Gasteiger partial charge in [-0.15, -0.1) is 0 Å². The number of aliphatic hydroxyl groups excluding tert-OH is 1. The minimum atomic E-state index is -0.791. The van der Waals surface area contributed by atoms with Crippen LogP contribution in [0.2, 0.25) is 0 Å². The lowest BCUT2D eigenvalue weighted by atomic mass is 10.0. The fourth-order valence-electron chi connectivity index (χ4n) is 5.72. The fraction of sp³-hybridized carbons (Fsp3) is 0.353. The summed E-state index contributed by atoms with van der Waals surface area (Å²) in [6.07, 6.45) is 3.47. The van der Waals surface area contributed by atoms with Crippen LogP contribution in [-0.4, -0.2) is 107 Å². The number of aliphatic hydroxyl groups is 1. The minimum absolute atomic E-state index is 0.00118. The van der Waals surface area contributed by atoms with E-state index in [2.05, 4.69) is 4.98 Å². The molecule has 0 spiro atoms. The first kappa shape index (κ1) is 33.4. The lowest BCUT2D eigenvalue weighted by Gasteiger charge is -2.20. The molecule has 0 radical (unpaired) electrons. The van der Waals surface area contributed by atoms with Gasteiger partial charge in [0.05, 0.1) is 29.6 Å². The highest BCUT2D eigenvalue weighted by Crippen LogP contribution is 2.39. The normalized spacial score (nSPS) is 13.8. The average molecular weight is 674 g/mol. The van der Waals surface area contributed by atoms with E-state index in [4.69, 9.17) is 18.9 Å². The molecule has 4 heterocycles. The van der Waals surface area contributed by atoms with Crippen LogP contribution in [0.4, 0.5) is 4.79 Å². The lowest BCUT2D eigenvalue weighted by Crippen LogP contribution is -2.33. The Kier molecular flexibility index (Phi) is 9.47. The molecule has 0 atom stereocenters. The Labute approximate surface area is 279 Å². The first-order valence-corrected chi connectivity index (χ1v) is 15.6. The zero-order valence-corrected chi connectivity index (χ0v) is 27.3. The number of imide groups is 1. The van der Waals surface area contributed by atoms with E-state index in [1.54, 1.807) is 22.9 Å². The maximum atomic E-state index is 14.2. The van der Waals surface area contributed by atoms with E-state index in [1.165, 1.54) is 30.2 Å². The second-order valence-electron chi connectivity index (χ2n) is 11.9. The van der Waals surface area contributed by atoms with Crippen molar-refractivity contribution in [2.24, 2.45) is 0 Å². The minimum Gasteiger partial charge on any atom is -0.464 e. The van der Waals surface area contributed by atoms with Crippen LogP contribution in [0.5, 0.6) is 17.2 Å². The van der Waals surface area contributed by atoms with Crippen LogP contribution >= 0.6 is 0 Å². The number of hydrogen-bond acceptors (Lipinski definition) is 12. The van der Waals surface area contributed by atoms with Crippen molar-refractivity contribution in [1.82, 2.24) is 24.3 Å². The van der Waals surface area contributed by atoms with Gasteiger partial charge in [0, 0.05) is 73.9 Å². The van der Waals surface area contributed by atoms with Gasteiger partial charge in [0.1, 0.15) is 12.4 Å². The quantitative estimate of drug-likeness (QED) is 0.132. The zero-order chi connectivity index (χ0) is 34.8. The number of carbonyl (C=O) groups excluding carboxylic acids is 4. The molecule has 15 nitrogen and oxygen atoms in total. The molecule has 1 N–H and O–H groups in total. The summed E-state index contributed by atoms with van der Waals surface area (Å²) in [5.41, 5.74) is 1.25. The van der Waals surface area contributed by atoms with Gasteiger partial charge in [-0.3, -0.25) is 29.1 Å². The Balaban J connectivity index is 1.21. The predicted octanol–water partition coefficient (Wildman–Crippen LogP) is 2.16. The molecule has 49 heavy (non-hydrogen) atoms. The smallest absolute Gasteiger partial charge is 0.415 e. The summed E-state index contributed by atoms with van der Waals surface area (Å²) >= 11 is 0. The second kappa shape index (κ2) is 13.9. The Morgan fingerprint density at radius 1 is 0.918 bits per heavy atom. The Morgan fingerprint density at radius 3 is 2.37 bits per heavy atom. The van der Waals surface area contributed by atoms with Crippen LogP contribution in [0, 0.1) is 0 Å². The van der Waals surface area contributed by atoms with Gasteiger partial charge in [0.2, 0.25) is 6.79 Å². The number of rotatable bonds is 12. The molecule has 2 aromatic carbocycles. The molecule has 4 aromatic rings. The topological polar surface area (TPSA) is 170 Å². The molecule has 15 heteroatoms. The third-order valence-corrected chi connectivity index (χ3v) is 8.37.